The minimum absolute atomic E-state index is 0.0683. The molecule has 0 heterocycles. The van der Waals surface area contributed by atoms with E-state index in [1.54, 1.807) is 0 Å². The minimum Gasteiger partial charge on any atom is -0.376 e. The highest BCUT2D eigenvalue weighted by Crippen LogP contribution is 2.67. The fourth-order valence-electron chi connectivity index (χ4n) is 6.11. The fraction of sp³-hybridized carbons (Fsp3) is 0.917. The summed E-state index contributed by atoms with van der Waals surface area (Å²) in [6, 6.07) is 0. The maximum absolute atomic E-state index is 13.7. The molecular weight excluding hydrogens is 435 g/mol. The number of ether oxygens (including phenoxy) is 2. The van der Waals surface area contributed by atoms with Gasteiger partial charge in [-0.3, -0.25) is 9.59 Å². The van der Waals surface area contributed by atoms with E-state index in [1.165, 1.54) is 6.42 Å². The van der Waals surface area contributed by atoms with Gasteiger partial charge in [0, 0.05) is 18.5 Å². The molecule has 6 nitrogen and oxygen atoms in total. The summed E-state index contributed by atoms with van der Waals surface area (Å²) in [6.07, 6.45) is 5.96. The number of carbonyl (C=O) groups excluding carboxylic acids is 2. The average Bonchev–Trinajstić information content (AvgIpc) is 2.70. The minimum atomic E-state index is -1.07. The molecule has 0 aromatic rings. The molecule has 6 unspecified atom stereocenters. The molecule has 6 atom stereocenters. The zero-order valence-electron chi connectivity index (χ0n) is 19.3. The Bertz CT molecular complexity index is 688. The molecule has 5 aliphatic carbocycles. The molecule has 2 bridgehead atoms. The summed E-state index contributed by atoms with van der Waals surface area (Å²) in [6.45, 7) is 5.62. The number of amides is 2. The lowest BCUT2D eigenvalue weighted by Crippen LogP contribution is -2.78. The summed E-state index contributed by atoms with van der Waals surface area (Å²) in [7, 11) is 0. The third-order valence-electron chi connectivity index (χ3n) is 8.30. The number of rotatable bonds is 9. The van der Waals surface area contributed by atoms with E-state index >= 15 is 0 Å². The first kappa shape index (κ1) is 24.2. The summed E-state index contributed by atoms with van der Waals surface area (Å²) in [5.41, 5.74) is -0.595. The zero-order chi connectivity index (χ0) is 22.9. The normalized spacial score (nSPS) is 43.0. The van der Waals surface area contributed by atoms with Gasteiger partial charge in [0.25, 0.3) is 0 Å². The molecule has 5 saturated carbocycles. The van der Waals surface area contributed by atoms with Crippen molar-refractivity contribution in [2.24, 2.45) is 17.3 Å². The lowest BCUT2D eigenvalue weighted by atomic mass is 9.39. The molecule has 8 heteroatoms. The molecule has 2 amide bonds. The van der Waals surface area contributed by atoms with Crippen LogP contribution in [0.2, 0.25) is 0 Å². The van der Waals surface area contributed by atoms with Crippen molar-refractivity contribution in [1.29, 1.82) is 0 Å². The van der Waals surface area contributed by atoms with Gasteiger partial charge in [0.15, 0.2) is 0 Å². The summed E-state index contributed by atoms with van der Waals surface area (Å²) in [5, 5.41) is 5.60. The van der Waals surface area contributed by atoms with Crippen LogP contribution in [-0.4, -0.2) is 60.9 Å². The van der Waals surface area contributed by atoms with Crippen LogP contribution in [0.1, 0.15) is 71.6 Å². The van der Waals surface area contributed by atoms with Crippen LogP contribution in [0.4, 0.5) is 4.39 Å². The maximum atomic E-state index is 13.7. The van der Waals surface area contributed by atoms with E-state index in [9.17, 15) is 14.0 Å². The second-order valence-electron chi connectivity index (χ2n) is 10.9. The topological polar surface area (TPSA) is 76.7 Å². The largest absolute Gasteiger partial charge is 0.376 e. The highest BCUT2D eigenvalue weighted by molar-refractivity contribution is 6.21. The van der Waals surface area contributed by atoms with Crippen LogP contribution in [0.25, 0.3) is 0 Å². The second-order valence-corrected chi connectivity index (χ2v) is 11.5. The molecule has 0 aromatic heterocycles. The summed E-state index contributed by atoms with van der Waals surface area (Å²) >= 11 is 5.89. The van der Waals surface area contributed by atoms with E-state index in [0.717, 1.165) is 18.8 Å². The Balaban J connectivity index is 1.08. The van der Waals surface area contributed by atoms with Crippen LogP contribution in [0, 0.1) is 17.3 Å². The van der Waals surface area contributed by atoms with Gasteiger partial charge < -0.3 is 20.1 Å². The zero-order valence-corrected chi connectivity index (χ0v) is 20.1. The van der Waals surface area contributed by atoms with Crippen molar-refractivity contribution in [3.63, 3.8) is 0 Å². The molecule has 0 aliphatic heterocycles. The molecule has 5 fully saturated rings. The van der Waals surface area contributed by atoms with E-state index in [-0.39, 0.29) is 41.9 Å². The van der Waals surface area contributed by atoms with E-state index < -0.39 is 11.5 Å². The Morgan fingerprint density at radius 1 is 1.00 bits per heavy atom. The molecule has 0 saturated heterocycles. The quantitative estimate of drug-likeness (QED) is 0.398. The molecule has 2 N–H and O–H groups in total. The smallest absolute Gasteiger partial charge is 0.246 e. The van der Waals surface area contributed by atoms with Gasteiger partial charge in [-0.25, -0.2) is 4.39 Å². The van der Waals surface area contributed by atoms with Gasteiger partial charge in [-0.2, -0.15) is 0 Å². The molecule has 32 heavy (non-hydrogen) atoms. The number of hydrogen-bond donors (Lipinski definition) is 2. The van der Waals surface area contributed by atoms with Crippen molar-refractivity contribution in [3.05, 3.63) is 0 Å². The number of halogens is 2. The fourth-order valence-corrected chi connectivity index (χ4v) is 6.34. The third-order valence-corrected chi connectivity index (χ3v) is 8.79. The lowest BCUT2D eigenvalue weighted by Gasteiger charge is -2.69. The maximum Gasteiger partial charge on any atom is 0.246 e. The van der Waals surface area contributed by atoms with Crippen molar-refractivity contribution in [3.8, 4) is 0 Å². The third kappa shape index (κ3) is 5.25. The van der Waals surface area contributed by atoms with Crippen molar-refractivity contribution in [1.82, 2.24) is 10.6 Å². The van der Waals surface area contributed by atoms with Gasteiger partial charge in [-0.15, -0.1) is 11.6 Å². The number of alkyl halides is 2. The molecule has 0 spiro atoms. The molecular formula is C24H38ClFN2O4. The van der Waals surface area contributed by atoms with Crippen molar-refractivity contribution in [2.75, 3.05) is 19.8 Å². The van der Waals surface area contributed by atoms with Gasteiger partial charge in [0.2, 0.25) is 11.8 Å². The van der Waals surface area contributed by atoms with E-state index in [0.29, 0.717) is 57.3 Å². The Kier molecular flexibility index (Phi) is 7.38. The van der Waals surface area contributed by atoms with Crippen LogP contribution in [0.3, 0.4) is 0 Å². The van der Waals surface area contributed by atoms with Crippen LogP contribution in [0.15, 0.2) is 0 Å². The Morgan fingerprint density at radius 3 is 2.38 bits per heavy atom. The van der Waals surface area contributed by atoms with Crippen molar-refractivity contribution in [2.45, 2.75) is 101 Å². The SMILES string of the molecule is CC1CCC(OCCNC(=O)C23CC(NC(=O)COC4CCC(Cl)C(F)C4)(C2)C3)CC1C. The lowest BCUT2D eigenvalue weighted by molar-refractivity contribution is -0.185. The summed E-state index contributed by atoms with van der Waals surface area (Å²) in [4.78, 5) is 24.9. The van der Waals surface area contributed by atoms with Gasteiger partial charge in [-0.05, 0) is 63.2 Å². The Labute approximate surface area is 195 Å². The highest BCUT2D eigenvalue weighted by atomic mass is 35.5. The first-order valence-corrected chi connectivity index (χ1v) is 12.7. The molecule has 182 valence electrons. The Morgan fingerprint density at radius 2 is 1.69 bits per heavy atom. The monoisotopic (exact) mass is 472 g/mol. The van der Waals surface area contributed by atoms with Gasteiger partial charge in [-0.1, -0.05) is 13.8 Å². The van der Waals surface area contributed by atoms with Crippen LogP contribution in [-0.2, 0) is 19.1 Å². The number of carbonyl (C=O) groups is 2. The highest BCUT2D eigenvalue weighted by Gasteiger charge is 2.72. The van der Waals surface area contributed by atoms with Crippen LogP contribution >= 0.6 is 11.6 Å². The van der Waals surface area contributed by atoms with Gasteiger partial charge in [0.1, 0.15) is 12.8 Å². The predicted octanol–water partition coefficient (Wildman–Crippen LogP) is 3.50. The van der Waals surface area contributed by atoms with Crippen LogP contribution < -0.4 is 10.6 Å². The van der Waals surface area contributed by atoms with E-state index in [2.05, 4.69) is 24.5 Å². The molecule has 0 aromatic carbocycles. The van der Waals surface area contributed by atoms with Crippen LogP contribution in [0.5, 0.6) is 0 Å². The number of nitrogens with one attached hydrogen (secondary N) is 2. The molecule has 5 rings (SSSR count). The molecule has 5 aliphatic rings. The standard InChI is InChI=1S/C24H38ClFN2O4/c1-15-3-4-17(9-16(15)2)31-8-7-27-22(30)23-12-24(13-23,14-23)28-21(29)11-32-18-5-6-19(25)20(26)10-18/h15-20H,3-14H2,1-2H3,(H,27,30)(H,28,29). The van der Waals surface area contributed by atoms with E-state index in [1.807, 2.05) is 0 Å². The number of hydrogen-bond acceptors (Lipinski definition) is 4. The Hall–Kier alpha value is -0.920. The second kappa shape index (κ2) is 9.75. The van der Waals surface area contributed by atoms with Crippen molar-refractivity contribution < 1.29 is 23.5 Å². The first-order valence-electron chi connectivity index (χ1n) is 12.3. The summed E-state index contributed by atoms with van der Waals surface area (Å²) < 4.78 is 25.3. The van der Waals surface area contributed by atoms with Gasteiger partial charge in [0.05, 0.1) is 29.6 Å². The average molecular weight is 473 g/mol. The predicted molar refractivity (Wildman–Crippen MR) is 120 cm³/mol. The summed E-state index contributed by atoms with van der Waals surface area (Å²) in [5.74, 6) is 1.35. The first-order chi connectivity index (χ1) is 15.2. The van der Waals surface area contributed by atoms with Crippen molar-refractivity contribution >= 4 is 23.4 Å². The van der Waals surface area contributed by atoms with E-state index in [4.69, 9.17) is 21.1 Å². The van der Waals surface area contributed by atoms with Gasteiger partial charge >= 0.3 is 0 Å². The molecule has 0 radical (unpaired) electrons.